The Kier molecular flexibility index (Phi) is 2.71. The van der Waals surface area contributed by atoms with Crippen molar-refractivity contribution in [1.82, 2.24) is 19.5 Å². The van der Waals surface area contributed by atoms with E-state index < -0.39 is 6.10 Å². The lowest BCUT2D eigenvalue weighted by atomic mass is 10.1. The third-order valence-electron chi connectivity index (χ3n) is 3.24. The second kappa shape index (κ2) is 4.38. The Morgan fingerprint density at radius 2 is 2.33 bits per heavy atom. The number of aromatic nitrogens is 3. The molecule has 0 bridgehead atoms. The van der Waals surface area contributed by atoms with Crippen LogP contribution in [0, 0.1) is 0 Å². The minimum Gasteiger partial charge on any atom is -0.391 e. The number of fused-ring (bicyclic) bond motifs is 1. The first-order valence-corrected chi connectivity index (χ1v) is 6.00. The lowest BCUT2D eigenvalue weighted by Gasteiger charge is -2.29. The Balaban J connectivity index is 1.92. The van der Waals surface area contributed by atoms with E-state index in [2.05, 4.69) is 10.1 Å². The first-order chi connectivity index (χ1) is 8.75. The summed E-state index contributed by atoms with van der Waals surface area (Å²) in [6.07, 6.45) is 7.70. The van der Waals surface area contributed by atoms with Gasteiger partial charge < -0.3 is 10.0 Å². The Hall–Kier alpha value is -1.95. The second-order valence-electron chi connectivity index (χ2n) is 4.51. The zero-order valence-corrected chi connectivity index (χ0v) is 9.86. The van der Waals surface area contributed by atoms with E-state index in [1.54, 1.807) is 34.2 Å². The number of rotatable bonds is 1. The Morgan fingerprint density at radius 3 is 3.17 bits per heavy atom. The van der Waals surface area contributed by atoms with Crippen molar-refractivity contribution in [3.05, 3.63) is 30.4 Å². The van der Waals surface area contributed by atoms with Crippen molar-refractivity contribution in [3.63, 3.8) is 0 Å². The molecule has 0 radical (unpaired) electrons. The molecule has 1 saturated heterocycles. The van der Waals surface area contributed by atoms with E-state index >= 15 is 0 Å². The van der Waals surface area contributed by atoms with Crippen LogP contribution >= 0.6 is 0 Å². The molecule has 1 N–H and O–H groups in total. The van der Waals surface area contributed by atoms with E-state index in [-0.39, 0.29) is 5.91 Å². The number of likely N-dealkylation sites (tertiary alicyclic amines) is 1. The summed E-state index contributed by atoms with van der Waals surface area (Å²) < 4.78 is 1.63. The molecule has 1 amide bonds. The molecule has 1 atom stereocenters. The molecule has 0 aliphatic carbocycles. The van der Waals surface area contributed by atoms with E-state index in [4.69, 9.17) is 0 Å². The van der Waals surface area contributed by atoms with Gasteiger partial charge in [-0.2, -0.15) is 5.10 Å². The van der Waals surface area contributed by atoms with Crippen LogP contribution in [0.4, 0.5) is 0 Å². The molecule has 0 saturated carbocycles. The summed E-state index contributed by atoms with van der Waals surface area (Å²) in [6, 6.07) is 0. The predicted molar refractivity (Wildman–Crippen MR) is 64.1 cm³/mol. The lowest BCUT2D eigenvalue weighted by molar-refractivity contribution is 0.0475. The number of piperidine rings is 1. The molecule has 94 valence electrons. The molecule has 6 nitrogen and oxygen atoms in total. The van der Waals surface area contributed by atoms with E-state index in [1.165, 1.54) is 0 Å². The number of β-amino-alcohol motifs (C(OH)–C–C–N with tert-alkyl or cyclic N) is 1. The van der Waals surface area contributed by atoms with Crippen molar-refractivity contribution >= 4 is 11.4 Å². The highest BCUT2D eigenvalue weighted by molar-refractivity contribution is 6.00. The smallest absolute Gasteiger partial charge is 0.257 e. The molecule has 1 aliphatic heterocycles. The van der Waals surface area contributed by atoms with Gasteiger partial charge in [0, 0.05) is 25.5 Å². The molecule has 6 heteroatoms. The molecule has 2 aromatic heterocycles. The number of nitrogens with zero attached hydrogens (tertiary/aromatic N) is 4. The second-order valence-corrected chi connectivity index (χ2v) is 4.51. The Morgan fingerprint density at radius 1 is 1.44 bits per heavy atom. The fraction of sp³-hybridized carbons (Fsp3) is 0.417. The summed E-state index contributed by atoms with van der Waals surface area (Å²) >= 11 is 0. The third-order valence-corrected chi connectivity index (χ3v) is 3.24. The van der Waals surface area contributed by atoms with E-state index in [0.29, 0.717) is 24.2 Å². The van der Waals surface area contributed by atoms with Gasteiger partial charge in [0.05, 0.1) is 29.6 Å². The van der Waals surface area contributed by atoms with E-state index in [0.717, 1.165) is 12.8 Å². The molecule has 1 unspecified atom stereocenters. The van der Waals surface area contributed by atoms with Gasteiger partial charge in [-0.1, -0.05) is 0 Å². The molecule has 2 aromatic rings. The van der Waals surface area contributed by atoms with Crippen LogP contribution in [0.5, 0.6) is 0 Å². The minimum absolute atomic E-state index is 0.0863. The average Bonchev–Trinajstić information content (AvgIpc) is 2.82. The molecule has 3 heterocycles. The van der Waals surface area contributed by atoms with Crippen LogP contribution in [0.15, 0.2) is 24.8 Å². The topological polar surface area (TPSA) is 70.7 Å². The first kappa shape index (κ1) is 11.2. The highest BCUT2D eigenvalue weighted by atomic mass is 16.3. The van der Waals surface area contributed by atoms with Crippen LogP contribution in [0.3, 0.4) is 0 Å². The molecular formula is C12H14N4O2. The maximum absolute atomic E-state index is 12.4. The average molecular weight is 246 g/mol. The molecule has 3 rings (SSSR count). The largest absolute Gasteiger partial charge is 0.391 e. The van der Waals surface area contributed by atoms with Gasteiger partial charge >= 0.3 is 0 Å². The summed E-state index contributed by atoms with van der Waals surface area (Å²) in [5, 5.41) is 13.7. The van der Waals surface area contributed by atoms with Gasteiger partial charge in [0.1, 0.15) is 0 Å². The molecule has 0 aromatic carbocycles. The van der Waals surface area contributed by atoms with Crippen molar-refractivity contribution in [2.75, 3.05) is 13.1 Å². The van der Waals surface area contributed by atoms with Crippen LogP contribution in [-0.2, 0) is 0 Å². The quantitative estimate of drug-likeness (QED) is 0.787. The summed E-state index contributed by atoms with van der Waals surface area (Å²) in [7, 11) is 0. The van der Waals surface area contributed by atoms with Gasteiger partial charge in [-0.05, 0) is 12.8 Å². The number of hydrogen-bond acceptors (Lipinski definition) is 4. The zero-order valence-electron chi connectivity index (χ0n) is 9.86. The normalized spacial score (nSPS) is 20.3. The van der Waals surface area contributed by atoms with Crippen LogP contribution in [0.25, 0.3) is 5.52 Å². The molecule has 1 aliphatic rings. The predicted octanol–water partition coefficient (Wildman–Crippen LogP) is 0.326. The lowest BCUT2D eigenvalue weighted by Crippen LogP contribution is -2.42. The zero-order chi connectivity index (χ0) is 12.5. The van der Waals surface area contributed by atoms with Crippen molar-refractivity contribution < 1.29 is 9.90 Å². The summed E-state index contributed by atoms with van der Waals surface area (Å²) in [6.45, 7) is 1.09. The molecule has 1 fully saturated rings. The number of hydrogen-bond donors (Lipinski definition) is 1. The Labute approximate surface area is 104 Å². The van der Waals surface area contributed by atoms with Crippen LogP contribution in [0.2, 0.25) is 0 Å². The maximum Gasteiger partial charge on any atom is 0.257 e. The summed E-state index contributed by atoms with van der Waals surface area (Å²) in [4.78, 5) is 18.0. The van der Waals surface area contributed by atoms with Crippen LogP contribution < -0.4 is 0 Å². The number of aliphatic hydroxyl groups excluding tert-OH is 1. The highest BCUT2D eigenvalue weighted by Gasteiger charge is 2.25. The van der Waals surface area contributed by atoms with Crippen molar-refractivity contribution in [1.29, 1.82) is 0 Å². The number of carbonyl (C=O) groups excluding carboxylic acids is 1. The number of aliphatic hydroxyl groups is 1. The first-order valence-electron chi connectivity index (χ1n) is 6.00. The van der Waals surface area contributed by atoms with Gasteiger partial charge in [-0.15, -0.1) is 0 Å². The van der Waals surface area contributed by atoms with Crippen LogP contribution in [-0.4, -0.2) is 49.7 Å². The monoisotopic (exact) mass is 246 g/mol. The fourth-order valence-electron chi connectivity index (χ4n) is 2.31. The van der Waals surface area contributed by atoms with Gasteiger partial charge in [-0.3, -0.25) is 9.78 Å². The minimum atomic E-state index is -0.414. The summed E-state index contributed by atoms with van der Waals surface area (Å²) in [5.74, 6) is -0.0863. The SMILES string of the molecule is O=C(c1cnn2ccncc12)N1CCCC(O)C1. The standard InChI is InChI=1S/C12H14N4O2/c17-9-2-1-4-15(8-9)12(18)10-6-14-16-5-3-13-7-11(10)16/h3,5-7,9,17H,1-2,4,8H2. The van der Waals surface area contributed by atoms with Gasteiger partial charge in [0.15, 0.2) is 0 Å². The maximum atomic E-state index is 12.4. The van der Waals surface area contributed by atoms with Gasteiger partial charge in [0.2, 0.25) is 0 Å². The number of amides is 1. The number of carbonyl (C=O) groups is 1. The van der Waals surface area contributed by atoms with Crippen LogP contribution in [0.1, 0.15) is 23.2 Å². The van der Waals surface area contributed by atoms with Crippen molar-refractivity contribution in [2.24, 2.45) is 0 Å². The van der Waals surface area contributed by atoms with E-state index in [1.807, 2.05) is 0 Å². The van der Waals surface area contributed by atoms with Gasteiger partial charge in [-0.25, -0.2) is 4.52 Å². The van der Waals surface area contributed by atoms with Crippen molar-refractivity contribution in [3.8, 4) is 0 Å². The molecule has 0 spiro atoms. The highest BCUT2D eigenvalue weighted by Crippen LogP contribution is 2.16. The third kappa shape index (κ3) is 1.84. The van der Waals surface area contributed by atoms with Gasteiger partial charge in [0.25, 0.3) is 5.91 Å². The van der Waals surface area contributed by atoms with Crippen molar-refractivity contribution in [2.45, 2.75) is 18.9 Å². The van der Waals surface area contributed by atoms with E-state index in [9.17, 15) is 9.90 Å². The fourth-order valence-corrected chi connectivity index (χ4v) is 2.31. The summed E-state index contributed by atoms with van der Waals surface area (Å²) in [5.41, 5.74) is 1.24. The molecular weight excluding hydrogens is 232 g/mol. The Bertz CT molecular complexity index is 580. The molecule has 18 heavy (non-hydrogen) atoms.